The summed E-state index contributed by atoms with van der Waals surface area (Å²) in [6.07, 6.45) is 1.60. The standard InChI is InChI=1S/C18H24BrN3O4/c1-2-25-18(24)20-14-4-3-7-21(11-14)8-9-22-15-10-13(19)5-6-16(15)26-12-17(22)23/h5-6,10,14H,2-4,7-9,11-12H2,1H3,(H,20,24)/t14-/m0/s1. The van der Waals surface area contributed by atoms with Gasteiger partial charge in [-0.05, 0) is 44.5 Å². The van der Waals surface area contributed by atoms with Crippen molar-refractivity contribution in [3.8, 4) is 5.75 Å². The van der Waals surface area contributed by atoms with Gasteiger partial charge in [0.15, 0.2) is 6.61 Å². The Hall–Kier alpha value is -1.80. The number of benzene rings is 1. The average molecular weight is 426 g/mol. The maximum absolute atomic E-state index is 12.3. The minimum absolute atomic E-state index is 0.0335. The first-order valence-corrected chi connectivity index (χ1v) is 9.74. The van der Waals surface area contributed by atoms with Crippen molar-refractivity contribution in [2.75, 3.05) is 44.3 Å². The van der Waals surface area contributed by atoms with Crippen molar-refractivity contribution in [2.45, 2.75) is 25.8 Å². The zero-order valence-corrected chi connectivity index (χ0v) is 16.5. The van der Waals surface area contributed by atoms with E-state index >= 15 is 0 Å². The number of piperidine rings is 1. The van der Waals surface area contributed by atoms with Gasteiger partial charge in [-0.2, -0.15) is 0 Å². The monoisotopic (exact) mass is 425 g/mol. The zero-order chi connectivity index (χ0) is 18.5. The highest BCUT2D eigenvalue weighted by molar-refractivity contribution is 9.10. The van der Waals surface area contributed by atoms with E-state index in [9.17, 15) is 9.59 Å². The molecular formula is C18H24BrN3O4. The Labute approximate surface area is 161 Å². The van der Waals surface area contributed by atoms with Crippen LogP contribution < -0.4 is 15.0 Å². The predicted octanol–water partition coefficient (Wildman–Crippen LogP) is 2.39. The third-order valence-corrected chi connectivity index (χ3v) is 5.10. The van der Waals surface area contributed by atoms with Gasteiger partial charge in [0.2, 0.25) is 0 Å². The molecule has 1 atom stereocenters. The van der Waals surface area contributed by atoms with Gasteiger partial charge >= 0.3 is 6.09 Å². The molecule has 2 aliphatic rings. The van der Waals surface area contributed by atoms with E-state index < -0.39 is 0 Å². The minimum atomic E-state index is -0.360. The molecule has 142 valence electrons. The Kier molecular flexibility index (Phi) is 6.37. The Balaban J connectivity index is 1.58. The fraction of sp³-hybridized carbons (Fsp3) is 0.556. The lowest BCUT2D eigenvalue weighted by Crippen LogP contribution is -2.50. The second-order valence-corrected chi connectivity index (χ2v) is 7.37. The molecule has 0 spiro atoms. The molecule has 1 fully saturated rings. The van der Waals surface area contributed by atoms with Crippen LogP contribution in [0.2, 0.25) is 0 Å². The van der Waals surface area contributed by atoms with Crippen LogP contribution in [0.15, 0.2) is 22.7 Å². The molecule has 2 heterocycles. The molecule has 1 aromatic rings. The van der Waals surface area contributed by atoms with Crippen LogP contribution in [0, 0.1) is 0 Å². The summed E-state index contributed by atoms with van der Waals surface area (Å²) >= 11 is 3.45. The summed E-state index contributed by atoms with van der Waals surface area (Å²) in [5, 5.41) is 2.91. The molecule has 0 aromatic heterocycles. The Morgan fingerprint density at radius 2 is 2.27 bits per heavy atom. The van der Waals surface area contributed by atoms with Gasteiger partial charge in [-0.15, -0.1) is 0 Å². The number of carbonyl (C=O) groups excluding carboxylic acids is 2. The van der Waals surface area contributed by atoms with E-state index in [0.717, 1.165) is 48.4 Å². The number of alkyl carbamates (subject to hydrolysis) is 1. The number of halogens is 1. The van der Waals surface area contributed by atoms with Gasteiger partial charge in [0.1, 0.15) is 5.75 Å². The van der Waals surface area contributed by atoms with Gasteiger partial charge in [0.05, 0.1) is 12.3 Å². The summed E-state index contributed by atoms with van der Waals surface area (Å²) in [5.74, 6) is 0.696. The van der Waals surface area contributed by atoms with Crippen molar-refractivity contribution in [1.82, 2.24) is 10.2 Å². The SMILES string of the molecule is CCOC(=O)N[C@H]1CCCN(CCN2C(=O)COc3ccc(Br)cc32)C1. The molecule has 2 aliphatic heterocycles. The predicted molar refractivity (Wildman–Crippen MR) is 102 cm³/mol. The molecule has 1 N–H and O–H groups in total. The van der Waals surface area contributed by atoms with Crippen LogP contribution in [0.3, 0.4) is 0 Å². The molecule has 0 unspecified atom stereocenters. The van der Waals surface area contributed by atoms with Crippen molar-refractivity contribution in [1.29, 1.82) is 0 Å². The lowest BCUT2D eigenvalue weighted by atomic mass is 10.1. The van der Waals surface area contributed by atoms with Crippen LogP contribution in [0.25, 0.3) is 0 Å². The van der Waals surface area contributed by atoms with Crippen molar-refractivity contribution >= 4 is 33.6 Å². The molecular weight excluding hydrogens is 402 g/mol. The van der Waals surface area contributed by atoms with E-state index in [1.54, 1.807) is 11.8 Å². The molecule has 26 heavy (non-hydrogen) atoms. The van der Waals surface area contributed by atoms with Crippen LogP contribution in [-0.2, 0) is 9.53 Å². The lowest BCUT2D eigenvalue weighted by Gasteiger charge is -2.35. The summed E-state index contributed by atoms with van der Waals surface area (Å²) in [6.45, 7) is 5.31. The maximum atomic E-state index is 12.3. The maximum Gasteiger partial charge on any atom is 0.407 e. The van der Waals surface area contributed by atoms with Gasteiger partial charge in [-0.3, -0.25) is 9.69 Å². The first-order chi connectivity index (χ1) is 12.6. The van der Waals surface area contributed by atoms with Crippen molar-refractivity contribution in [3.63, 3.8) is 0 Å². The van der Waals surface area contributed by atoms with Gasteiger partial charge in [0, 0.05) is 30.1 Å². The molecule has 0 saturated carbocycles. The van der Waals surface area contributed by atoms with E-state index in [1.807, 2.05) is 18.2 Å². The lowest BCUT2D eigenvalue weighted by molar-refractivity contribution is -0.121. The second kappa shape index (κ2) is 8.73. The van der Waals surface area contributed by atoms with Crippen LogP contribution >= 0.6 is 15.9 Å². The largest absolute Gasteiger partial charge is 0.482 e. The zero-order valence-electron chi connectivity index (χ0n) is 14.9. The highest BCUT2D eigenvalue weighted by Crippen LogP contribution is 2.34. The van der Waals surface area contributed by atoms with Gasteiger partial charge < -0.3 is 19.7 Å². The summed E-state index contributed by atoms with van der Waals surface area (Å²) < 4.78 is 11.4. The topological polar surface area (TPSA) is 71.1 Å². The van der Waals surface area contributed by atoms with Gasteiger partial charge in [-0.25, -0.2) is 4.79 Å². The van der Waals surface area contributed by atoms with Crippen LogP contribution in [0.4, 0.5) is 10.5 Å². The quantitative estimate of drug-likeness (QED) is 0.783. The molecule has 2 amide bonds. The summed E-state index contributed by atoms with van der Waals surface area (Å²) in [4.78, 5) is 28.0. The third-order valence-electron chi connectivity index (χ3n) is 4.61. The molecule has 8 heteroatoms. The van der Waals surface area contributed by atoms with E-state index in [2.05, 4.69) is 26.1 Å². The molecule has 3 rings (SSSR count). The number of anilines is 1. The number of rotatable bonds is 5. The minimum Gasteiger partial charge on any atom is -0.482 e. The number of ether oxygens (including phenoxy) is 2. The summed E-state index contributed by atoms with van der Waals surface area (Å²) in [6, 6.07) is 5.78. The fourth-order valence-electron chi connectivity index (χ4n) is 3.38. The van der Waals surface area contributed by atoms with Crippen molar-refractivity contribution in [2.24, 2.45) is 0 Å². The third kappa shape index (κ3) is 4.67. The van der Waals surface area contributed by atoms with Crippen LogP contribution in [0.5, 0.6) is 5.75 Å². The molecule has 0 radical (unpaired) electrons. The average Bonchev–Trinajstić information content (AvgIpc) is 2.61. The summed E-state index contributed by atoms with van der Waals surface area (Å²) in [7, 11) is 0. The van der Waals surface area contributed by atoms with E-state index in [-0.39, 0.29) is 24.6 Å². The van der Waals surface area contributed by atoms with E-state index in [1.165, 1.54) is 0 Å². The number of carbonyl (C=O) groups is 2. The van der Waals surface area contributed by atoms with Crippen LogP contribution in [-0.4, -0.2) is 62.3 Å². The first-order valence-electron chi connectivity index (χ1n) is 8.95. The van der Waals surface area contributed by atoms with Gasteiger partial charge in [0.25, 0.3) is 5.91 Å². The number of hydrogen-bond donors (Lipinski definition) is 1. The normalized spacial score (nSPS) is 20.3. The van der Waals surface area contributed by atoms with E-state index in [4.69, 9.17) is 9.47 Å². The molecule has 1 saturated heterocycles. The van der Waals surface area contributed by atoms with Crippen molar-refractivity contribution in [3.05, 3.63) is 22.7 Å². The first kappa shape index (κ1) is 19.0. The fourth-order valence-corrected chi connectivity index (χ4v) is 3.73. The number of fused-ring (bicyclic) bond motifs is 1. The Morgan fingerprint density at radius 1 is 1.42 bits per heavy atom. The Bertz CT molecular complexity index is 670. The summed E-state index contributed by atoms with van der Waals surface area (Å²) in [5.41, 5.74) is 0.800. The number of amides is 2. The highest BCUT2D eigenvalue weighted by Gasteiger charge is 2.27. The molecule has 0 aliphatic carbocycles. The van der Waals surface area contributed by atoms with Gasteiger partial charge in [-0.1, -0.05) is 15.9 Å². The Morgan fingerprint density at radius 3 is 3.08 bits per heavy atom. The number of nitrogens with zero attached hydrogens (tertiary/aromatic N) is 2. The van der Waals surface area contributed by atoms with E-state index in [0.29, 0.717) is 13.2 Å². The second-order valence-electron chi connectivity index (χ2n) is 6.45. The van der Waals surface area contributed by atoms with Crippen LogP contribution in [0.1, 0.15) is 19.8 Å². The molecule has 7 nitrogen and oxygen atoms in total. The van der Waals surface area contributed by atoms with Crippen molar-refractivity contribution < 1.29 is 19.1 Å². The highest BCUT2D eigenvalue weighted by atomic mass is 79.9. The number of likely N-dealkylation sites (tertiary alicyclic amines) is 1. The number of hydrogen-bond acceptors (Lipinski definition) is 5. The smallest absolute Gasteiger partial charge is 0.407 e. The molecule has 0 bridgehead atoms. The molecule has 1 aromatic carbocycles. The number of nitrogens with one attached hydrogen (secondary N) is 1.